The van der Waals surface area contributed by atoms with Crippen LogP contribution in [-0.4, -0.2) is 0 Å². The zero-order valence-electron chi connectivity index (χ0n) is 28.0. The maximum atomic E-state index is 2.49. The Morgan fingerprint density at radius 3 is 1.98 bits per heavy atom. The smallest absolute Gasteiger partial charge is 0.0159 e. The zero-order chi connectivity index (χ0) is 32.4. The minimum atomic E-state index is -0.110. The van der Waals surface area contributed by atoms with Crippen molar-refractivity contribution in [2.75, 3.05) is 0 Å². The molecule has 0 atom stereocenters. The molecule has 232 valence electrons. The molecule has 0 radical (unpaired) electrons. The molecule has 0 fully saturated rings. The molecule has 49 heavy (non-hydrogen) atoms. The van der Waals surface area contributed by atoms with E-state index < -0.39 is 0 Å². The number of rotatable bonds is 3. The van der Waals surface area contributed by atoms with Gasteiger partial charge in [-0.2, -0.15) is 0 Å². The van der Waals surface area contributed by atoms with Crippen LogP contribution in [0.15, 0.2) is 127 Å². The molecule has 0 amide bonds. The van der Waals surface area contributed by atoms with E-state index in [1.165, 1.54) is 111 Å². The second-order valence-corrected chi connectivity index (χ2v) is 15.1. The van der Waals surface area contributed by atoms with E-state index in [0.717, 1.165) is 25.7 Å². The molecule has 0 bridgehead atoms. The SMILES string of the molecule is CC1(C)c2cc(-c3ccccc3-c3ccc4c5c6c(ccc35)C=CCC6=CC4)ccc2-c2ccc(-c3ccc4c5c(cccc35)CC4)cc21. The van der Waals surface area contributed by atoms with Gasteiger partial charge in [-0.1, -0.05) is 135 Å². The molecule has 0 unspecified atom stereocenters. The van der Waals surface area contributed by atoms with Gasteiger partial charge in [0.1, 0.15) is 0 Å². The number of hydrogen-bond donors (Lipinski definition) is 0. The lowest BCUT2D eigenvalue weighted by molar-refractivity contribution is 0.661. The summed E-state index contributed by atoms with van der Waals surface area (Å²) < 4.78 is 0. The summed E-state index contributed by atoms with van der Waals surface area (Å²) in [6, 6.07) is 44.5. The van der Waals surface area contributed by atoms with Gasteiger partial charge in [-0.15, -0.1) is 0 Å². The first kappa shape index (κ1) is 27.5. The molecule has 0 aliphatic heterocycles. The molecule has 0 heteroatoms. The third-order valence-electron chi connectivity index (χ3n) is 12.2. The van der Waals surface area contributed by atoms with Crippen LogP contribution in [0.25, 0.3) is 77.7 Å². The summed E-state index contributed by atoms with van der Waals surface area (Å²) in [6.45, 7) is 4.83. The maximum absolute atomic E-state index is 2.49. The molecule has 0 saturated heterocycles. The Balaban J connectivity index is 1.04. The fourth-order valence-electron chi connectivity index (χ4n) is 9.80. The van der Waals surface area contributed by atoms with Crippen LogP contribution in [0, 0.1) is 0 Å². The number of aryl methyl sites for hydroxylation is 2. The number of allylic oxidation sites excluding steroid dienone is 3. The van der Waals surface area contributed by atoms with Crippen LogP contribution in [0.2, 0.25) is 0 Å². The lowest BCUT2D eigenvalue weighted by atomic mass is 9.79. The number of hydrogen-bond acceptors (Lipinski definition) is 0. The van der Waals surface area contributed by atoms with Gasteiger partial charge in [0.25, 0.3) is 0 Å². The predicted molar refractivity (Wildman–Crippen MR) is 208 cm³/mol. The summed E-state index contributed by atoms with van der Waals surface area (Å²) in [5, 5.41) is 5.71. The van der Waals surface area contributed by atoms with Gasteiger partial charge in [-0.3, -0.25) is 0 Å². The predicted octanol–water partition coefficient (Wildman–Crippen LogP) is 12.8. The van der Waals surface area contributed by atoms with E-state index in [1.54, 1.807) is 0 Å². The first-order valence-electron chi connectivity index (χ1n) is 17.9. The molecular weight excluding hydrogens is 589 g/mol. The normalized spacial score (nSPS) is 15.8. The Hall–Kier alpha value is -5.46. The quantitative estimate of drug-likeness (QED) is 0.183. The summed E-state index contributed by atoms with van der Waals surface area (Å²) in [5.74, 6) is 0. The Kier molecular flexibility index (Phi) is 5.50. The molecule has 11 rings (SSSR count). The van der Waals surface area contributed by atoms with Crippen LogP contribution in [-0.2, 0) is 24.7 Å². The van der Waals surface area contributed by atoms with Crippen LogP contribution < -0.4 is 0 Å². The Morgan fingerprint density at radius 2 is 1.16 bits per heavy atom. The monoisotopic (exact) mass is 624 g/mol. The molecule has 0 heterocycles. The minimum absolute atomic E-state index is 0.110. The average Bonchev–Trinajstić information content (AvgIpc) is 3.67. The van der Waals surface area contributed by atoms with Crippen LogP contribution in [0.4, 0.5) is 0 Å². The fourth-order valence-corrected chi connectivity index (χ4v) is 9.80. The largest absolute Gasteiger partial charge is 0.0795 e. The summed E-state index contributed by atoms with van der Waals surface area (Å²) in [4.78, 5) is 0. The lowest BCUT2D eigenvalue weighted by Crippen LogP contribution is -2.15. The van der Waals surface area contributed by atoms with Crippen molar-refractivity contribution in [2.24, 2.45) is 0 Å². The van der Waals surface area contributed by atoms with Crippen molar-refractivity contribution in [2.45, 2.75) is 44.9 Å². The summed E-state index contributed by atoms with van der Waals surface area (Å²) in [5.41, 5.74) is 22.1. The standard InChI is InChI=1S/C49H36/c1-49(2)44-27-34(20-24-40(44)41-25-21-35(28-45(41)49)37-22-17-32-15-13-29-9-6-12-42(37)46(29)32)36-10-3-4-11-38(36)39-23-18-33-16-14-30-7-5-8-31-19-26-43(39)48(33)47(30)31/h3-6,8-12,14,17-28H,7,13,15-16H2,1-2H3. The van der Waals surface area contributed by atoms with Crippen molar-refractivity contribution >= 4 is 33.2 Å². The highest BCUT2D eigenvalue weighted by atomic mass is 14.4. The molecule has 7 aromatic rings. The van der Waals surface area contributed by atoms with Gasteiger partial charge in [0.05, 0.1) is 0 Å². The fraction of sp³-hybridized carbons (Fsp3) is 0.143. The van der Waals surface area contributed by atoms with Crippen molar-refractivity contribution in [3.63, 3.8) is 0 Å². The lowest BCUT2D eigenvalue weighted by Gasteiger charge is -2.25. The highest BCUT2D eigenvalue weighted by Crippen LogP contribution is 2.52. The van der Waals surface area contributed by atoms with Gasteiger partial charge >= 0.3 is 0 Å². The number of fused-ring (bicyclic) bond motifs is 3. The van der Waals surface area contributed by atoms with Crippen molar-refractivity contribution in [1.82, 2.24) is 0 Å². The second-order valence-electron chi connectivity index (χ2n) is 15.1. The molecule has 7 aromatic carbocycles. The van der Waals surface area contributed by atoms with Crippen LogP contribution >= 0.6 is 0 Å². The van der Waals surface area contributed by atoms with E-state index in [2.05, 4.69) is 147 Å². The van der Waals surface area contributed by atoms with E-state index in [1.807, 2.05) is 0 Å². The van der Waals surface area contributed by atoms with E-state index >= 15 is 0 Å². The molecule has 4 aliphatic carbocycles. The average molecular weight is 625 g/mol. The van der Waals surface area contributed by atoms with Crippen LogP contribution in [0.5, 0.6) is 0 Å². The molecule has 0 N–H and O–H groups in total. The Labute approximate surface area is 288 Å². The van der Waals surface area contributed by atoms with Crippen LogP contribution in [0.1, 0.15) is 59.2 Å². The van der Waals surface area contributed by atoms with Gasteiger partial charge in [-0.25, -0.2) is 0 Å². The molecule has 0 nitrogen and oxygen atoms in total. The first-order chi connectivity index (χ1) is 24.0. The molecule has 0 aromatic heterocycles. The Bertz CT molecular complexity index is 2660. The summed E-state index contributed by atoms with van der Waals surface area (Å²) >= 11 is 0. The third-order valence-corrected chi connectivity index (χ3v) is 12.2. The third kappa shape index (κ3) is 3.75. The van der Waals surface area contributed by atoms with Crippen molar-refractivity contribution in [3.8, 4) is 44.5 Å². The zero-order valence-corrected chi connectivity index (χ0v) is 28.0. The van der Waals surface area contributed by atoms with Crippen LogP contribution in [0.3, 0.4) is 0 Å². The van der Waals surface area contributed by atoms with Gasteiger partial charge in [0.15, 0.2) is 0 Å². The van der Waals surface area contributed by atoms with Crippen molar-refractivity contribution in [3.05, 3.63) is 166 Å². The number of benzene rings is 7. The Morgan fingerprint density at radius 1 is 0.490 bits per heavy atom. The molecule has 0 spiro atoms. The van der Waals surface area contributed by atoms with E-state index in [4.69, 9.17) is 0 Å². The molecule has 4 aliphatic rings. The van der Waals surface area contributed by atoms with E-state index in [9.17, 15) is 0 Å². The first-order valence-corrected chi connectivity index (χ1v) is 17.9. The second kappa shape index (κ2) is 9.80. The minimum Gasteiger partial charge on any atom is -0.0795 e. The molecule has 0 saturated carbocycles. The summed E-state index contributed by atoms with van der Waals surface area (Å²) in [7, 11) is 0. The highest BCUT2D eigenvalue weighted by molar-refractivity contribution is 6.10. The van der Waals surface area contributed by atoms with E-state index in [-0.39, 0.29) is 5.41 Å². The van der Waals surface area contributed by atoms with E-state index in [0.29, 0.717) is 0 Å². The topological polar surface area (TPSA) is 0 Å². The van der Waals surface area contributed by atoms with Gasteiger partial charge in [-0.05, 0) is 148 Å². The highest BCUT2D eigenvalue weighted by Gasteiger charge is 2.36. The van der Waals surface area contributed by atoms with Gasteiger partial charge in [0, 0.05) is 5.41 Å². The summed E-state index contributed by atoms with van der Waals surface area (Å²) in [6.07, 6.45) is 11.4. The van der Waals surface area contributed by atoms with Crippen molar-refractivity contribution < 1.29 is 0 Å². The van der Waals surface area contributed by atoms with Crippen molar-refractivity contribution in [1.29, 1.82) is 0 Å². The van der Waals surface area contributed by atoms with Gasteiger partial charge in [0.2, 0.25) is 0 Å². The molecular formula is C49H36. The maximum Gasteiger partial charge on any atom is 0.0159 e. The van der Waals surface area contributed by atoms with Gasteiger partial charge < -0.3 is 0 Å².